The maximum Gasteiger partial charge on any atom is 0.393 e. The van der Waals surface area contributed by atoms with Crippen LogP contribution in [0.5, 0.6) is 0 Å². The molecule has 2 heterocycles. The summed E-state index contributed by atoms with van der Waals surface area (Å²) in [6, 6.07) is 2.20. The molecule has 0 bridgehead atoms. The summed E-state index contributed by atoms with van der Waals surface area (Å²) in [5.41, 5.74) is -0.758. The average molecular weight is 294 g/mol. The van der Waals surface area contributed by atoms with Crippen molar-refractivity contribution in [3.05, 3.63) is 11.2 Å². The van der Waals surface area contributed by atoms with Gasteiger partial charge in [-0.25, -0.2) is 0 Å². The summed E-state index contributed by atoms with van der Waals surface area (Å²) in [6.07, 6.45) is 2.37. The summed E-state index contributed by atoms with van der Waals surface area (Å²) in [4.78, 5) is 0. The van der Waals surface area contributed by atoms with Crippen molar-refractivity contribution in [1.29, 1.82) is 5.26 Å². The van der Waals surface area contributed by atoms with Crippen LogP contribution in [0.25, 0.3) is 0 Å². The van der Waals surface area contributed by atoms with Crippen LogP contribution in [0.15, 0.2) is 11.2 Å². The van der Waals surface area contributed by atoms with E-state index < -0.39 is 15.1 Å². The summed E-state index contributed by atoms with van der Waals surface area (Å²) >= 11 is 0. The van der Waals surface area contributed by atoms with Gasteiger partial charge in [-0.2, -0.15) is 11.2 Å². The van der Waals surface area contributed by atoms with Crippen LogP contribution in [0.1, 0.15) is 47.0 Å². The van der Waals surface area contributed by atoms with E-state index in [9.17, 15) is 0 Å². The lowest BCUT2D eigenvalue weighted by Gasteiger charge is -2.36. The van der Waals surface area contributed by atoms with Crippen molar-refractivity contribution in [2.24, 2.45) is 0 Å². The first-order chi connectivity index (χ1) is 9.04. The van der Waals surface area contributed by atoms with Gasteiger partial charge in [0, 0.05) is 17.6 Å². The van der Waals surface area contributed by atoms with Gasteiger partial charge >= 0.3 is 6.75 Å². The Morgan fingerprint density at radius 3 is 2.25 bits per heavy atom. The van der Waals surface area contributed by atoms with E-state index in [0.29, 0.717) is 6.42 Å². The Balaban J connectivity index is 2.22. The Morgan fingerprint density at radius 1 is 1.20 bits per heavy atom. The van der Waals surface area contributed by atoms with E-state index in [4.69, 9.17) is 18.9 Å². The quantitative estimate of drug-likeness (QED) is 0.591. The van der Waals surface area contributed by atoms with E-state index in [1.807, 2.05) is 27.7 Å². The van der Waals surface area contributed by atoms with Gasteiger partial charge in [0.2, 0.25) is 0 Å². The largest absolute Gasteiger partial charge is 0.583 e. The Hall–Kier alpha value is -0.608. The highest BCUT2D eigenvalue weighted by atomic mass is 28.4. The van der Waals surface area contributed by atoms with Crippen molar-refractivity contribution in [2.45, 2.75) is 71.3 Å². The number of nitrogens with zero attached hydrogens (tertiary/aromatic N) is 1. The standard InChI is InChI=1S/C14H25BNO3Si/c1-13(2)14(3,4)18-15(17-13)11-12(9-7-8-10-16)20(5,6)19-15/h11H,7-9H2,1-6H3/q-1. The fraction of sp³-hybridized carbons (Fsp3) is 0.786. The van der Waals surface area contributed by atoms with E-state index in [0.717, 1.165) is 12.8 Å². The monoisotopic (exact) mass is 294 g/mol. The van der Waals surface area contributed by atoms with Crippen LogP contribution in [0.2, 0.25) is 13.1 Å². The van der Waals surface area contributed by atoms with Crippen LogP contribution in [0.3, 0.4) is 0 Å². The molecule has 0 amide bonds. The average Bonchev–Trinajstić information content (AvgIpc) is 2.56. The molecule has 1 saturated heterocycles. The Bertz CT molecular complexity index is 463. The van der Waals surface area contributed by atoms with Gasteiger partial charge in [-0.05, 0) is 53.6 Å². The maximum absolute atomic E-state index is 8.68. The molecule has 2 aliphatic heterocycles. The lowest BCUT2D eigenvalue weighted by atomic mass is 9.78. The van der Waals surface area contributed by atoms with Crippen molar-refractivity contribution in [3.63, 3.8) is 0 Å². The van der Waals surface area contributed by atoms with Gasteiger partial charge in [0.1, 0.15) is 0 Å². The highest BCUT2D eigenvalue weighted by molar-refractivity contribution is 6.92. The van der Waals surface area contributed by atoms with Crippen LogP contribution < -0.4 is 0 Å². The highest BCUT2D eigenvalue weighted by Gasteiger charge is 2.56. The smallest absolute Gasteiger partial charge is 0.393 e. The Kier molecular flexibility index (Phi) is 3.71. The number of hydrogen-bond acceptors (Lipinski definition) is 4. The summed E-state index contributed by atoms with van der Waals surface area (Å²) in [5, 5.41) is 9.98. The summed E-state index contributed by atoms with van der Waals surface area (Å²) < 4.78 is 18.7. The zero-order chi connectivity index (χ0) is 15.2. The molecule has 1 fully saturated rings. The predicted molar refractivity (Wildman–Crippen MR) is 82.2 cm³/mol. The van der Waals surface area contributed by atoms with Crippen LogP contribution in [-0.2, 0) is 13.7 Å². The molecule has 0 aromatic heterocycles. The van der Waals surface area contributed by atoms with Crippen molar-refractivity contribution >= 4 is 15.1 Å². The molecule has 0 saturated carbocycles. The predicted octanol–water partition coefficient (Wildman–Crippen LogP) is 3.46. The van der Waals surface area contributed by atoms with Crippen molar-refractivity contribution in [2.75, 3.05) is 0 Å². The molecular formula is C14H25BNO3Si-. The normalized spacial score (nSPS) is 28.4. The van der Waals surface area contributed by atoms with Gasteiger partial charge in [0.25, 0.3) is 0 Å². The van der Waals surface area contributed by atoms with Gasteiger partial charge in [-0.1, -0.05) is 5.20 Å². The topological polar surface area (TPSA) is 51.5 Å². The zero-order valence-corrected chi connectivity index (χ0v) is 14.4. The first-order valence-electron chi connectivity index (χ1n) is 7.37. The molecule has 0 N–H and O–H groups in total. The second kappa shape index (κ2) is 4.70. The molecular weight excluding hydrogens is 269 g/mol. The van der Waals surface area contributed by atoms with Crippen molar-refractivity contribution in [1.82, 2.24) is 0 Å². The molecule has 0 unspecified atom stereocenters. The zero-order valence-electron chi connectivity index (χ0n) is 13.4. The molecule has 1 spiro atoms. The first-order valence-corrected chi connectivity index (χ1v) is 10.3. The number of hydrogen-bond donors (Lipinski definition) is 0. The Morgan fingerprint density at radius 2 is 1.75 bits per heavy atom. The third-order valence-corrected chi connectivity index (χ3v) is 7.62. The molecule has 0 aromatic carbocycles. The Labute approximate surface area is 123 Å². The van der Waals surface area contributed by atoms with E-state index in [-0.39, 0.29) is 11.2 Å². The van der Waals surface area contributed by atoms with Gasteiger partial charge in [0.05, 0.1) is 6.07 Å². The molecule has 2 aliphatic rings. The first kappa shape index (κ1) is 15.8. The van der Waals surface area contributed by atoms with Crippen molar-refractivity contribution in [3.8, 4) is 6.07 Å². The van der Waals surface area contributed by atoms with Gasteiger partial charge < -0.3 is 13.7 Å². The number of allylic oxidation sites excluding steroid dienone is 1. The SMILES string of the molecule is CC1(C)O[B-]2(C=C(CCCC#N)[Si](C)(C)O2)OC1(C)C. The third-order valence-electron chi connectivity index (χ3n) is 4.74. The second-order valence-electron chi connectivity index (χ2n) is 7.28. The lowest BCUT2D eigenvalue weighted by molar-refractivity contribution is 0.00578. The van der Waals surface area contributed by atoms with Crippen molar-refractivity contribution < 1.29 is 13.7 Å². The van der Waals surface area contributed by atoms with E-state index in [1.54, 1.807) is 0 Å². The van der Waals surface area contributed by atoms with Crippen LogP contribution in [0, 0.1) is 11.3 Å². The molecule has 20 heavy (non-hydrogen) atoms. The molecule has 4 nitrogen and oxygen atoms in total. The minimum absolute atomic E-state index is 0.379. The number of unbranched alkanes of at least 4 members (excludes halogenated alkanes) is 1. The molecule has 0 aromatic rings. The molecule has 0 radical (unpaired) electrons. The lowest BCUT2D eigenvalue weighted by Crippen LogP contribution is -2.44. The third kappa shape index (κ3) is 2.60. The van der Waals surface area contributed by atoms with Crippen LogP contribution in [0.4, 0.5) is 0 Å². The summed E-state index contributed by atoms with van der Waals surface area (Å²) in [7, 11) is -1.95. The molecule has 6 heteroatoms. The van der Waals surface area contributed by atoms with Gasteiger partial charge in [0.15, 0.2) is 8.32 Å². The maximum atomic E-state index is 8.68. The van der Waals surface area contributed by atoms with E-state index >= 15 is 0 Å². The number of rotatable bonds is 3. The fourth-order valence-corrected chi connectivity index (χ4v) is 5.48. The number of nitriles is 1. The summed E-state index contributed by atoms with van der Waals surface area (Å²) in [5.74, 6) is 2.08. The van der Waals surface area contributed by atoms with Crippen LogP contribution >= 0.6 is 0 Å². The minimum Gasteiger partial charge on any atom is -0.583 e. The fourth-order valence-electron chi connectivity index (χ4n) is 2.96. The molecule has 2 rings (SSSR count). The van der Waals surface area contributed by atoms with Gasteiger partial charge in [-0.3, -0.25) is 0 Å². The highest BCUT2D eigenvalue weighted by Crippen LogP contribution is 2.47. The van der Waals surface area contributed by atoms with E-state index in [2.05, 4.69) is 25.1 Å². The van der Waals surface area contributed by atoms with Crippen LogP contribution in [-0.4, -0.2) is 26.3 Å². The minimum atomic E-state index is -1.95. The molecule has 112 valence electrons. The molecule has 0 atom stereocenters. The summed E-state index contributed by atoms with van der Waals surface area (Å²) in [6.45, 7) is 10.8. The second-order valence-corrected chi connectivity index (χ2v) is 11.2. The molecule has 0 aliphatic carbocycles. The van der Waals surface area contributed by atoms with E-state index in [1.165, 1.54) is 5.20 Å². The van der Waals surface area contributed by atoms with Gasteiger partial charge in [-0.15, -0.1) is 0 Å².